The van der Waals surface area contributed by atoms with Crippen molar-refractivity contribution in [2.75, 3.05) is 0 Å². The monoisotopic (exact) mass is 474 g/mol. The van der Waals surface area contributed by atoms with Crippen molar-refractivity contribution in [2.45, 2.75) is 74.4 Å². The van der Waals surface area contributed by atoms with E-state index >= 15 is 0 Å². The quantitative estimate of drug-likeness (QED) is 0.372. The molecule has 0 radical (unpaired) electrons. The maximum Gasteiger partial charge on any atom is 0.262 e. The molecule has 1 aromatic heterocycles. The third-order valence-corrected chi connectivity index (χ3v) is 7.54. The number of rotatable bonds is 8. The maximum atomic E-state index is 13.3. The first-order chi connectivity index (χ1) is 16.5. The molecule has 0 bridgehead atoms. The number of para-hydroxylation sites is 1. The number of nitrogens with one attached hydrogen (secondary N) is 1. The molecule has 1 N–H and O–H groups in total. The molecule has 1 aliphatic carbocycles. The zero-order valence-corrected chi connectivity index (χ0v) is 20.3. The van der Waals surface area contributed by atoms with E-state index in [1.807, 2.05) is 43.3 Å². The Bertz CT molecular complexity index is 1240. The molecule has 34 heavy (non-hydrogen) atoms. The zero-order chi connectivity index (χ0) is 24.0. The Morgan fingerprint density at radius 1 is 1.15 bits per heavy atom. The molecule has 1 saturated carbocycles. The number of hydrogen-bond donors (Lipinski definition) is 1. The molecule has 0 aliphatic heterocycles. The smallest absolute Gasteiger partial charge is 0.262 e. The van der Waals surface area contributed by atoms with Gasteiger partial charge in [-0.05, 0) is 50.3 Å². The zero-order valence-electron chi connectivity index (χ0n) is 19.5. The molecule has 1 amide bonds. The highest BCUT2D eigenvalue weighted by atomic mass is 32.2. The van der Waals surface area contributed by atoms with E-state index in [0.717, 1.165) is 32.1 Å². The topological polar surface area (TPSA) is 87.8 Å². The third-order valence-electron chi connectivity index (χ3n) is 6.45. The number of carbonyl (C=O) groups is 1. The van der Waals surface area contributed by atoms with E-state index in [0.29, 0.717) is 35.4 Å². The minimum absolute atomic E-state index is 0.0884. The SMILES string of the molecule is CC(Sc1nc2ccccc2c(=O)n1CCCc1ccccc1)C(=O)NC1(C#N)CCCCC1. The van der Waals surface area contributed by atoms with Gasteiger partial charge in [-0.3, -0.25) is 14.2 Å². The van der Waals surface area contributed by atoms with E-state index in [9.17, 15) is 14.9 Å². The largest absolute Gasteiger partial charge is 0.337 e. The van der Waals surface area contributed by atoms with Crippen LogP contribution in [0, 0.1) is 11.3 Å². The lowest BCUT2D eigenvalue weighted by molar-refractivity contribution is -0.121. The molecule has 3 aromatic rings. The lowest BCUT2D eigenvalue weighted by atomic mass is 9.83. The van der Waals surface area contributed by atoms with Gasteiger partial charge in [-0.15, -0.1) is 0 Å². The van der Waals surface area contributed by atoms with Crippen LogP contribution in [0.25, 0.3) is 10.9 Å². The van der Waals surface area contributed by atoms with Crippen LogP contribution in [0.4, 0.5) is 0 Å². The number of nitriles is 1. The maximum absolute atomic E-state index is 13.3. The van der Waals surface area contributed by atoms with Crippen LogP contribution >= 0.6 is 11.8 Å². The van der Waals surface area contributed by atoms with E-state index in [1.165, 1.54) is 17.3 Å². The molecule has 2 aromatic carbocycles. The fourth-order valence-electron chi connectivity index (χ4n) is 4.49. The summed E-state index contributed by atoms with van der Waals surface area (Å²) >= 11 is 1.28. The predicted octanol–water partition coefficient (Wildman–Crippen LogP) is 4.85. The van der Waals surface area contributed by atoms with Gasteiger partial charge in [0.1, 0.15) is 5.54 Å². The summed E-state index contributed by atoms with van der Waals surface area (Å²) < 4.78 is 1.69. The molecule has 176 valence electrons. The van der Waals surface area contributed by atoms with E-state index in [1.54, 1.807) is 10.6 Å². The van der Waals surface area contributed by atoms with Crippen molar-refractivity contribution in [1.29, 1.82) is 5.26 Å². The molecule has 7 heteroatoms. The molecule has 1 aliphatic rings. The highest BCUT2D eigenvalue weighted by Crippen LogP contribution is 2.29. The van der Waals surface area contributed by atoms with E-state index < -0.39 is 10.8 Å². The van der Waals surface area contributed by atoms with Crippen LogP contribution in [0.15, 0.2) is 64.5 Å². The summed E-state index contributed by atoms with van der Waals surface area (Å²) in [6.45, 7) is 2.33. The van der Waals surface area contributed by atoms with Gasteiger partial charge in [0.25, 0.3) is 5.56 Å². The lowest BCUT2D eigenvalue weighted by Crippen LogP contribution is -2.51. The van der Waals surface area contributed by atoms with Crippen LogP contribution in [0.2, 0.25) is 0 Å². The van der Waals surface area contributed by atoms with Gasteiger partial charge in [0.2, 0.25) is 5.91 Å². The molecule has 1 heterocycles. The van der Waals surface area contributed by atoms with Crippen molar-refractivity contribution in [3.05, 3.63) is 70.5 Å². The number of aryl methyl sites for hydroxylation is 1. The first-order valence-electron chi connectivity index (χ1n) is 11.9. The van der Waals surface area contributed by atoms with Crippen LogP contribution in [-0.4, -0.2) is 26.2 Å². The van der Waals surface area contributed by atoms with Gasteiger partial charge >= 0.3 is 0 Å². The molecular weight excluding hydrogens is 444 g/mol. The second-order valence-electron chi connectivity index (χ2n) is 8.96. The Morgan fingerprint density at radius 3 is 2.59 bits per heavy atom. The Hall–Kier alpha value is -3.11. The Labute approximate surface area is 204 Å². The Kier molecular flexibility index (Phi) is 7.69. The second kappa shape index (κ2) is 10.9. The van der Waals surface area contributed by atoms with Crippen LogP contribution in [0.1, 0.15) is 51.0 Å². The fourth-order valence-corrected chi connectivity index (χ4v) is 5.42. The van der Waals surface area contributed by atoms with Gasteiger partial charge in [0, 0.05) is 6.54 Å². The number of fused-ring (bicyclic) bond motifs is 1. The molecule has 1 fully saturated rings. The average molecular weight is 475 g/mol. The summed E-state index contributed by atoms with van der Waals surface area (Å²) in [5.74, 6) is -0.188. The summed E-state index contributed by atoms with van der Waals surface area (Å²) in [4.78, 5) is 31.1. The minimum Gasteiger partial charge on any atom is -0.337 e. The van der Waals surface area contributed by atoms with Crippen LogP contribution in [0.3, 0.4) is 0 Å². The van der Waals surface area contributed by atoms with Crippen LogP contribution in [0.5, 0.6) is 0 Å². The molecule has 1 atom stereocenters. The molecule has 6 nitrogen and oxygen atoms in total. The number of nitrogens with zero attached hydrogens (tertiary/aromatic N) is 3. The van der Waals surface area contributed by atoms with Crippen molar-refractivity contribution in [3.8, 4) is 6.07 Å². The predicted molar refractivity (Wildman–Crippen MR) is 136 cm³/mol. The first kappa shape index (κ1) is 24.0. The Morgan fingerprint density at radius 2 is 1.85 bits per heavy atom. The normalized spacial score (nSPS) is 16.0. The summed E-state index contributed by atoms with van der Waals surface area (Å²) in [6, 6.07) is 19.9. The van der Waals surface area contributed by atoms with Gasteiger partial charge in [0.05, 0.1) is 22.2 Å². The Balaban J connectivity index is 1.55. The third kappa shape index (κ3) is 5.51. The number of benzene rings is 2. The van der Waals surface area contributed by atoms with Gasteiger partial charge in [0.15, 0.2) is 5.16 Å². The van der Waals surface area contributed by atoms with Crippen LogP contribution in [-0.2, 0) is 17.8 Å². The van der Waals surface area contributed by atoms with E-state index in [4.69, 9.17) is 4.98 Å². The van der Waals surface area contributed by atoms with Gasteiger partial charge in [-0.1, -0.05) is 73.5 Å². The summed E-state index contributed by atoms with van der Waals surface area (Å²) in [5.41, 5.74) is 0.980. The van der Waals surface area contributed by atoms with E-state index in [2.05, 4.69) is 23.5 Å². The summed E-state index contributed by atoms with van der Waals surface area (Å²) in [6.07, 6.45) is 6.00. The molecular formula is C27H30N4O2S. The van der Waals surface area contributed by atoms with Crippen molar-refractivity contribution < 1.29 is 4.79 Å². The van der Waals surface area contributed by atoms with Crippen molar-refractivity contribution in [1.82, 2.24) is 14.9 Å². The molecule has 0 saturated heterocycles. The van der Waals surface area contributed by atoms with Crippen molar-refractivity contribution >= 4 is 28.6 Å². The number of amides is 1. The standard InChI is InChI=1S/C27H30N4O2S/c1-20(24(32)30-27(19-28)16-8-3-9-17-27)34-26-29-23-15-7-6-14-22(23)25(33)31(26)18-10-13-21-11-4-2-5-12-21/h2,4-7,11-12,14-15,20H,3,8-10,13,16-18H2,1H3,(H,30,32). The highest BCUT2D eigenvalue weighted by molar-refractivity contribution is 8.00. The van der Waals surface area contributed by atoms with Gasteiger partial charge in [-0.25, -0.2) is 4.98 Å². The second-order valence-corrected chi connectivity index (χ2v) is 10.3. The van der Waals surface area contributed by atoms with Crippen molar-refractivity contribution in [3.63, 3.8) is 0 Å². The number of aromatic nitrogens is 2. The van der Waals surface area contributed by atoms with Gasteiger partial charge in [-0.2, -0.15) is 5.26 Å². The number of thioether (sulfide) groups is 1. The number of hydrogen-bond acceptors (Lipinski definition) is 5. The van der Waals surface area contributed by atoms with Crippen LogP contribution < -0.4 is 10.9 Å². The van der Waals surface area contributed by atoms with E-state index in [-0.39, 0.29) is 11.5 Å². The molecule has 1 unspecified atom stereocenters. The van der Waals surface area contributed by atoms with Crippen molar-refractivity contribution in [2.24, 2.45) is 0 Å². The molecule has 0 spiro atoms. The highest BCUT2D eigenvalue weighted by Gasteiger charge is 2.35. The average Bonchev–Trinajstić information content (AvgIpc) is 2.87. The molecule has 4 rings (SSSR count). The van der Waals surface area contributed by atoms with Gasteiger partial charge < -0.3 is 5.32 Å². The first-order valence-corrected chi connectivity index (χ1v) is 12.8. The summed E-state index contributed by atoms with van der Waals surface area (Å²) in [5, 5.41) is 13.4. The fraction of sp³-hybridized carbons (Fsp3) is 0.407. The minimum atomic E-state index is -0.781. The lowest BCUT2D eigenvalue weighted by Gasteiger charge is -2.32. The number of carbonyl (C=O) groups excluding carboxylic acids is 1. The summed E-state index contributed by atoms with van der Waals surface area (Å²) in [7, 11) is 0.